The molecule has 3 aromatic rings. The smallest absolute Gasteiger partial charge is 0.341 e. The highest BCUT2D eigenvalue weighted by Crippen LogP contribution is 2.36. The number of hydrogen-bond donors (Lipinski definition) is 2. The zero-order chi connectivity index (χ0) is 23.8. The van der Waals surface area contributed by atoms with Crippen molar-refractivity contribution >= 4 is 34.2 Å². The molecule has 0 fully saturated rings. The number of furan rings is 1. The van der Waals surface area contributed by atoms with E-state index in [0.29, 0.717) is 23.5 Å². The van der Waals surface area contributed by atoms with E-state index in [1.807, 2.05) is 0 Å². The fraction of sp³-hybridized carbons (Fsp3) is 0.261. The number of ether oxygens (including phenoxy) is 3. The molecule has 0 saturated carbocycles. The molecule has 9 nitrogen and oxygen atoms in total. The number of anilines is 1. The minimum atomic E-state index is -0.597. The van der Waals surface area contributed by atoms with E-state index in [0.717, 1.165) is 16.9 Å². The third kappa shape index (κ3) is 6.13. The zero-order valence-electron chi connectivity index (χ0n) is 18.1. The van der Waals surface area contributed by atoms with Crippen LogP contribution in [0.15, 0.2) is 46.4 Å². The van der Waals surface area contributed by atoms with Crippen LogP contribution >= 0.6 is 11.3 Å². The van der Waals surface area contributed by atoms with Gasteiger partial charge in [0.1, 0.15) is 16.3 Å². The summed E-state index contributed by atoms with van der Waals surface area (Å²) in [5.41, 5.74) is 1.40. The fourth-order valence-corrected chi connectivity index (χ4v) is 3.94. The van der Waals surface area contributed by atoms with Crippen molar-refractivity contribution in [2.45, 2.75) is 19.8 Å². The van der Waals surface area contributed by atoms with Crippen molar-refractivity contribution in [1.82, 2.24) is 0 Å². The van der Waals surface area contributed by atoms with Gasteiger partial charge in [-0.05, 0) is 43.2 Å². The molecular weight excluding hydrogens is 450 g/mol. The standard InChI is InChI=1S/C23H23NO8S/c1-3-30-23(28)21-15(17-5-4-10-31-17)13-33-22(21)24-19(26)12-32-20(27)9-7-14-6-8-18(29-2)16(25)11-14/h4-6,8,10-11,13,25H,3,7,9,12H2,1-2H3,(H,24,26). The largest absolute Gasteiger partial charge is 0.504 e. The van der Waals surface area contributed by atoms with Crippen LogP contribution in [0.5, 0.6) is 11.5 Å². The molecule has 2 N–H and O–H groups in total. The number of carbonyl (C=O) groups is 3. The lowest BCUT2D eigenvalue weighted by Gasteiger charge is -2.09. The van der Waals surface area contributed by atoms with Gasteiger partial charge in [-0.1, -0.05) is 6.07 Å². The molecule has 1 aromatic carbocycles. The molecule has 10 heteroatoms. The number of amides is 1. The van der Waals surface area contributed by atoms with Gasteiger partial charge in [-0.15, -0.1) is 11.3 Å². The number of esters is 2. The van der Waals surface area contributed by atoms with Crippen LogP contribution < -0.4 is 10.1 Å². The van der Waals surface area contributed by atoms with Gasteiger partial charge in [0.2, 0.25) is 0 Å². The normalized spacial score (nSPS) is 10.5. The predicted octanol–water partition coefficient (Wildman–Crippen LogP) is 4.01. The van der Waals surface area contributed by atoms with E-state index in [1.165, 1.54) is 19.4 Å². The summed E-state index contributed by atoms with van der Waals surface area (Å²) in [4.78, 5) is 36.8. The summed E-state index contributed by atoms with van der Waals surface area (Å²) in [7, 11) is 1.45. The Morgan fingerprint density at radius 3 is 2.67 bits per heavy atom. The Morgan fingerprint density at radius 1 is 1.18 bits per heavy atom. The molecule has 0 aliphatic carbocycles. The van der Waals surface area contributed by atoms with Gasteiger partial charge < -0.3 is 29.1 Å². The minimum absolute atomic E-state index is 0.0226. The van der Waals surface area contributed by atoms with Crippen LogP contribution in [0.3, 0.4) is 0 Å². The molecule has 0 aliphatic rings. The number of aromatic hydroxyl groups is 1. The molecule has 0 unspecified atom stereocenters. The number of aryl methyl sites for hydroxylation is 1. The lowest BCUT2D eigenvalue weighted by Crippen LogP contribution is -2.21. The number of nitrogens with one attached hydrogen (secondary N) is 1. The maximum Gasteiger partial charge on any atom is 0.341 e. The summed E-state index contributed by atoms with van der Waals surface area (Å²) in [6.07, 6.45) is 1.82. The quantitative estimate of drug-likeness (QED) is 0.423. The molecule has 174 valence electrons. The van der Waals surface area contributed by atoms with E-state index < -0.39 is 24.5 Å². The molecule has 33 heavy (non-hydrogen) atoms. The van der Waals surface area contributed by atoms with Crippen molar-refractivity contribution in [2.75, 3.05) is 25.6 Å². The lowest BCUT2D eigenvalue weighted by molar-refractivity contribution is -0.147. The number of methoxy groups -OCH3 is 1. The molecule has 3 rings (SSSR count). The average molecular weight is 474 g/mol. The number of phenolic OH excluding ortho intramolecular Hbond substituents is 1. The third-order valence-corrected chi connectivity index (χ3v) is 5.43. The summed E-state index contributed by atoms with van der Waals surface area (Å²) in [5.74, 6) is -0.989. The molecule has 2 aromatic heterocycles. The van der Waals surface area contributed by atoms with Crippen LogP contribution in [-0.2, 0) is 25.5 Å². The summed E-state index contributed by atoms with van der Waals surface area (Å²) in [6.45, 7) is 1.34. The van der Waals surface area contributed by atoms with Gasteiger partial charge >= 0.3 is 11.9 Å². The first-order chi connectivity index (χ1) is 15.9. The maximum atomic E-state index is 12.5. The maximum absolute atomic E-state index is 12.5. The second-order valence-electron chi connectivity index (χ2n) is 6.77. The topological polar surface area (TPSA) is 124 Å². The Kier molecular flexibility index (Phi) is 8.09. The van der Waals surface area contributed by atoms with Gasteiger partial charge in [-0.25, -0.2) is 4.79 Å². The fourth-order valence-electron chi connectivity index (χ4n) is 2.99. The van der Waals surface area contributed by atoms with Crippen LogP contribution in [0.4, 0.5) is 5.00 Å². The van der Waals surface area contributed by atoms with Crippen molar-refractivity contribution in [2.24, 2.45) is 0 Å². The van der Waals surface area contributed by atoms with E-state index in [-0.39, 0.29) is 29.3 Å². The summed E-state index contributed by atoms with van der Waals surface area (Å²) >= 11 is 1.14. The highest BCUT2D eigenvalue weighted by Gasteiger charge is 2.24. The van der Waals surface area contributed by atoms with Gasteiger partial charge in [0.15, 0.2) is 18.1 Å². The summed E-state index contributed by atoms with van der Waals surface area (Å²) in [6, 6.07) is 8.21. The van der Waals surface area contributed by atoms with E-state index >= 15 is 0 Å². The van der Waals surface area contributed by atoms with E-state index in [2.05, 4.69) is 5.32 Å². The monoisotopic (exact) mass is 473 g/mol. The van der Waals surface area contributed by atoms with Crippen molar-refractivity contribution in [1.29, 1.82) is 0 Å². The first-order valence-electron chi connectivity index (χ1n) is 10.1. The van der Waals surface area contributed by atoms with Gasteiger partial charge in [-0.2, -0.15) is 0 Å². The molecule has 0 atom stereocenters. The first kappa shape index (κ1) is 23.9. The first-order valence-corrected chi connectivity index (χ1v) is 10.9. The Hall–Kier alpha value is -3.79. The Morgan fingerprint density at radius 2 is 2.00 bits per heavy atom. The van der Waals surface area contributed by atoms with Gasteiger partial charge in [0, 0.05) is 17.4 Å². The molecule has 0 saturated heterocycles. The van der Waals surface area contributed by atoms with Crippen molar-refractivity contribution in [3.63, 3.8) is 0 Å². The number of thiophene rings is 1. The molecule has 2 heterocycles. The van der Waals surface area contributed by atoms with E-state index in [4.69, 9.17) is 18.6 Å². The van der Waals surface area contributed by atoms with Gasteiger partial charge in [0.25, 0.3) is 5.91 Å². The highest BCUT2D eigenvalue weighted by molar-refractivity contribution is 7.15. The Bertz CT molecular complexity index is 1120. The number of hydrogen-bond acceptors (Lipinski definition) is 9. The van der Waals surface area contributed by atoms with Crippen molar-refractivity contribution in [3.8, 4) is 22.8 Å². The number of rotatable bonds is 10. The SMILES string of the molecule is CCOC(=O)c1c(-c2ccco2)csc1NC(=O)COC(=O)CCc1ccc(OC)c(O)c1. The van der Waals surface area contributed by atoms with E-state index in [9.17, 15) is 19.5 Å². The van der Waals surface area contributed by atoms with Gasteiger partial charge in [0.05, 0.1) is 20.0 Å². The molecule has 0 spiro atoms. The zero-order valence-corrected chi connectivity index (χ0v) is 18.9. The van der Waals surface area contributed by atoms with Crippen LogP contribution in [0, 0.1) is 0 Å². The molecule has 0 radical (unpaired) electrons. The van der Waals surface area contributed by atoms with Crippen molar-refractivity contribution < 1.29 is 38.1 Å². The van der Waals surface area contributed by atoms with Crippen LogP contribution in [0.2, 0.25) is 0 Å². The summed E-state index contributed by atoms with van der Waals surface area (Å²) < 4.78 is 20.5. The molecular formula is C23H23NO8S. The lowest BCUT2D eigenvalue weighted by atomic mass is 10.1. The van der Waals surface area contributed by atoms with Crippen LogP contribution in [0.1, 0.15) is 29.3 Å². The number of phenols is 1. The molecule has 0 aliphatic heterocycles. The molecule has 1 amide bonds. The van der Waals surface area contributed by atoms with Crippen LogP contribution in [0.25, 0.3) is 11.3 Å². The summed E-state index contributed by atoms with van der Waals surface area (Å²) in [5, 5.41) is 14.3. The van der Waals surface area contributed by atoms with E-state index in [1.54, 1.807) is 36.6 Å². The third-order valence-electron chi connectivity index (χ3n) is 4.54. The Balaban J connectivity index is 1.56. The molecule has 0 bridgehead atoms. The second-order valence-corrected chi connectivity index (χ2v) is 7.65. The highest BCUT2D eigenvalue weighted by atomic mass is 32.1. The van der Waals surface area contributed by atoms with Gasteiger partial charge in [-0.3, -0.25) is 9.59 Å². The minimum Gasteiger partial charge on any atom is -0.504 e. The van der Waals surface area contributed by atoms with Crippen molar-refractivity contribution in [3.05, 3.63) is 53.1 Å². The number of benzene rings is 1. The second kappa shape index (κ2) is 11.2. The number of carbonyl (C=O) groups excluding carboxylic acids is 3. The Labute approximate surface area is 193 Å². The predicted molar refractivity (Wildman–Crippen MR) is 121 cm³/mol. The van der Waals surface area contributed by atoms with Crippen LogP contribution in [-0.4, -0.2) is 43.3 Å². The average Bonchev–Trinajstić information content (AvgIpc) is 3.46.